The lowest BCUT2D eigenvalue weighted by Gasteiger charge is -2.18. The summed E-state index contributed by atoms with van der Waals surface area (Å²) in [6.45, 7) is 5.05. The van der Waals surface area contributed by atoms with E-state index < -0.39 is 17.9 Å². The fraction of sp³-hybridized carbons (Fsp3) is 0.269. The number of anilines is 1. The third-order valence-corrected chi connectivity index (χ3v) is 5.72. The molecule has 0 radical (unpaired) electrons. The summed E-state index contributed by atoms with van der Waals surface area (Å²) in [6.07, 6.45) is -0.583. The van der Waals surface area contributed by atoms with Crippen LogP contribution in [-0.2, 0) is 14.2 Å². The van der Waals surface area contributed by atoms with Crippen molar-refractivity contribution in [1.29, 1.82) is 0 Å². The molecule has 3 aromatic rings. The summed E-state index contributed by atoms with van der Waals surface area (Å²) in [7, 11) is 0. The second kappa shape index (κ2) is 13.0. The molecule has 0 unspecified atom stereocenters. The van der Waals surface area contributed by atoms with Crippen LogP contribution in [0.4, 0.5) is 10.1 Å². The van der Waals surface area contributed by atoms with E-state index in [1.54, 1.807) is 24.3 Å². The van der Waals surface area contributed by atoms with E-state index >= 15 is 0 Å². The number of esters is 1. The molecule has 0 aliphatic rings. The lowest BCUT2D eigenvalue weighted by atomic mass is 10.0. The van der Waals surface area contributed by atoms with Gasteiger partial charge in [0.2, 0.25) is 0 Å². The van der Waals surface area contributed by atoms with E-state index in [-0.39, 0.29) is 30.3 Å². The van der Waals surface area contributed by atoms with Gasteiger partial charge in [0.05, 0.1) is 13.2 Å². The number of benzene rings is 3. The number of halogens is 1. The van der Waals surface area contributed by atoms with Crippen molar-refractivity contribution in [3.8, 4) is 22.6 Å². The Kier molecular flexibility index (Phi) is 9.77. The quantitative estimate of drug-likeness (QED) is 0.217. The van der Waals surface area contributed by atoms with Crippen LogP contribution in [0.5, 0.6) is 11.5 Å². The van der Waals surface area contributed by atoms with E-state index in [0.29, 0.717) is 30.0 Å². The Morgan fingerprint density at radius 1 is 0.971 bits per heavy atom. The molecule has 3 N–H and O–H groups in total. The molecule has 0 atom stereocenters. The molecule has 7 nitrogen and oxygen atoms in total. The Morgan fingerprint density at radius 2 is 1.71 bits per heavy atom. The summed E-state index contributed by atoms with van der Waals surface area (Å²) in [5.41, 5.74) is 1.63. The molecule has 0 heterocycles. The van der Waals surface area contributed by atoms with E-state index in [2.05, 4.69) is 4.72 Å². The van der Waals surface area contributed by atoms with Crippen LogP contribution in [0.1, 0.15) is 24.2 Å². The Hall–Kier alpha value is -3.27. The standard InChI is InChI=1S/C26H28FNO6S/c1-3-32-15-20(16-33-4-2)34-26(31)22-10-9-19(14-25(22)30)28-35-21-7-5-6-17(12-21)23-13-18(27)8-11-24(23)29/h5-14,20,28-30H,3-4,15-16H2,1-2H3. The van der Waals surface area contributed by atoms with E-state index in [1.807, 2.05) is 19.9 Å². The van der Waals surface area contributed by atoms with E-state index in [9.17, 15) is 19.4 Å². The van der Waals surface area contributed by atoms with Gasteiger partial charge < -0.3 is 29.1 Å². The van der Waals surface area contributed by atoms with Crippen molar-refractivity contribution in [3.05, 3.63) is 72.0 Å². The van der Waals surface area contributed by atoms with Gasteiger partial charge >= 0.3 is 5.97 Å². The van der Waals surface area contributed by atoms with Gasteiger partial charge in [-0.25, -0.2) is 9.18 Å². The minimum absolute atomic E-state index is 0.0151. The lowest BCUT2D eigenvalue weighted by molar-refractivity contribution is -0.0364. The number of ether oxygens (including phenoxy) is 3. The van der Waals surface area contributed by atoms with Crippen molar-refractivity contribution in [3.63, 3.8) is 0 Å². The maximum absolute atomic E-state index is 13.6. The second-order valence-electron chi connectivity index (χ2n) is 7.47. The first-order valence-corrected chi connectivity index (χ1v) is 11.9. The van der Waals surface area contributed by atoms with Crippen molar-refractivity contribution in [1.82, 2.24) is 0 Å². The molecule has 0 saturated heterocycles. The summed E-state index contributed by atoms with van der Waals surface area (Å²) in [5, 5.41) is 20.5. The molecular weight excluding hydrogens is 473 g/mol. The average molecular weight is 502 g/mol. The first-order valence-electron chi connectivity index (χ1n) is 11.1. The van der Waals surface area contributed by atoms with Gasteiger partial charge in [-0.2, -0.15) is 0 Å². The minimum Gasteiger partial charge on any atom is -0.507 e. The van der Waals surface area contributed by atoms with Crippen LogP contribution < -0.4 is 4.72 Å². The van der Waals surface area contributed by atoms with Crippen molar-refractivity contribution < 1.29 is 33.6 Å². The molecule has 186 valence electrons. The first kappa shape index (κ1) is 26.3. The number of phenols is 2. The molecule has 0 aromatic heterocycles. The Bertz CT molecular complexity index is 1130. The molecule has 35 heavy (non-hydrogen) atoms. The second-order valence-corrected chi connectivity index (χ2v) is 8.35. The minimum atomic E-state index is -0.672. The number of carbonyl (C=O) groups excluding carboxylic acids is 1. The van der Waals surface area contributed by atoms with Crippen molar-refractivity contribution in [2.24, 2.45) is 0 Å². The van der Waals surface area contributed by atoms with Crippen molar-refractivity contribution >= 4 is 23.6 Å². The normalized spacial score (nSPS) is 11.0. The highest BCUT2D eigenvalue weighted by molar-refractivity contribution is 8.00. The van der Waals surface area contributed by atoms with Gasteiger partial charge in [0, 0.05) is 35.4 Å². The summed E-state index contributed by atoms with van der Waals surface area (Å²) < 4.78 is 32.8. The summed E-state index contributed by atoms with van der Waals surface area (Å²) in [4.78, 5) is 13.3. The monoisotopic (exact) mass is 501 g/mol. The highest BCUT2D eigenvalue weighted by Crippen LogP contribution is 2.33. The van der Waals surface area contributed by atoms with Gasteiger partial charge in [0.15, 0.2) is 0 Å². The summed E-state index contributed by atoms with van der Waals surface area (Å²) >= 11 is 1.26. The number of hydrogen-bond donors (Lipinski definition) is 3. The Balaban J connectivity index is 1.65. The molecule has 0 aliphatic carbocycles. The lowest BCUT2D eigenvalue weighted by Crippen LogP contribution is -2.28. The number of phenolic OH excluding ortho intramolecular Hbond substituents is 2. The van der Waals surface area contributed by atoms with Gasteiger partial charge in [-0.15, -0.1) is 0 Å². The topological polar surface area (TPSA) is 97.3 Å². The molecule has 0 fully saturated rings. The molecule has 3 rings (SSSR count). The summed E-state index contributed by atoms with van der Waals surface area (Å²) in [6, 6.07) is 15.5. The van der Waals surface area contributed by atoms with Crippen molar-refractivity contribution in [2.45, 2.75) is 24.8 Å². The van der Waals surface area contributed by atoms with Crippen LogP contribution in [0.25, 0.3) is 11.1 Å². The van der Waals surface area contributed by atoms with Gasteiger partial charge in [-0.1, -0.05) is 12.1 Å². The molecule has 0 saturated carbocycles. The van der Waals surface area contributed by atoms with Gasteiger partial charge in [-0.05, 0) is 73.8 Å². The van der Waals surface area contributed by atoms with Crippen LogP contribution in [0.15, 0.2) is 65.6 Å². The number of rotatable bonds is 12. The largest absolute Gasteiger partial charge is 0.507 e. The molecular formula is C26H28FNO6S. The average Bonchev–Trinajstić information content (AvgIpc) is 2.86. The highest BCUT2D eigenvalue weighted by atomic mass is 32.2. The van der Waals surface area contributed by atoms with Gasteiger partial charge in [0.1, 0.15) is 29.0 Å². The van der Waals surface area contributed by atoms with Gasteiger partial charge in [-0.3, -0.25) is 0 Å². The molecule has 0 amide bonds. The van der Waals surface area contributed by atoms with Crippen molar-refractivity contribution in [2.75, 3.05) is 31.1 Å². The third-order valence-electron chi connectivity index (χ3n) is 4.90. The zero-order valence-electron chi connectivity index (χ0n) is 19.5. The van der Waals surface area contributed by atoms with Crippen LogP contribution in [0.2, 0.25) is 0 Å². The predicted octanol–water partition coefficient (Wildman–Crippen LogP) is 5.62. The fourth-order valence-electron chi connectivity index (χ4n) is 3.18. The third kappa shape index (κ3) is 7.61. The zero-order chi connectivity index (χ0) is 25.2. The first-order chi connectivity index (χ1) is 16.9. The highest BCUT2D eigenvalue weighted by Gasteiger charge is 2.19. The zero-order valence-corrected chi connectivity index (χ0v) is 20.3. The van der Waals surface area contributed by atoms with E-state index in [1.165, 1.54) is 42.3 Å². The fourth-order valence-corrected chi connectivity index (χ4v) is 3.88. The SMILES string of the molecule is CCOCC(COCC)OC(=O)c1ccc(NSc2cccc(-c3cc(F)ccc3O)c2)cc1O. The molecule has 0 aliphatic heterocycles. The number of hydrogen-bond acceptors (Lipinski definition) is 8. The van der Waals surface area contributed by atoms with Crippen LogP contribution in [0.3, 0.4) is 0 Å². The molecule has 3 aromatic carbocycles. The van der Waals surface area contributed by atoms with Gasteiger partial charge in [0.25, 0.3) is 0 Å². The molecule has 0 spiro atoms. The van der Waals surface area contributed by atoms with Crippen LogP contribution in [0, 0.1) is 5.82 Å². The smallest absolute Gasteiger partial charge is 0.342 e. The number of carbonyl (C=O) groups is 1. The Labute approximate surface area is 208 Å². The number of aromatic hydroxyl groups is 2. The predicted molar refractivity (Wildman–Crippen MR) is 133 cm³/mol. The molecule has 9 heteroatoms. The van der Waals surface area contributed by atoms with E-state index in [0.717, 1.165) is 4.90 Å². The number of nitrogens with one attached hydrogen (secondary N) is 1. The maximum atomic E-state index is 13.6. The van der Waals surface area contributed by atoms with E-state index in [4.69, 9.17) is 14.2 Å². The summed E-state index contributed by atoms with van der Waals surface area (Å²) in [5.74, 6) is -1.36. The maximum Gasteiger partial charge on any atom is 0.342 e. The molecule has 0 bridgehead atoms. The van der Waals surface area contributed by atoms with Crippen LogP contribution >= 0.6 is 11.9 Å². The van der Waals surface area contributed by atoms with Crippen LogP contribution in [-0.4, -0.2) is 48.7 Å². The Morgan fingerprint density at radius 3 is 2.40 bits per heavy atom.